The Bertz CT molecular complexity index is 1720. The first-order chi connectivity index (χ1) is 17.2. The van der Waals surface area contributed by atoms with Gasteiger partial charge in [-0.3, -0.25) is 9.97 Å². The zero-order chi connectivity index (χ0) is 23.6. The summed E-state index contributed by atoms with van der Waals surface area (Å²) in [4.78, 5) is 13.1. The fourth-order valence-electron chi connectivity index (χ4n) is 3.79. The number of benzene rings is 2. The Morgan fingerprint density at radius 2 is 1.74 bits per heavy atom. The van der Waals surface area contributed by atoms with E-state index in [0.29, 0.717) is 17.0 Å². The molecule has 166 valence electrons. The van der Waals surface area contributed by atoms with Crippen LogP contribution >= 0.6 is 0 Å². The third-order valence-electron chi connectivity index (χ3n) is 5.45. The number of pyridine rings is 2. The second-order valence-electron chi connectivity index (χ2n) is 7.80. The predicted molar refractivity (Wildman–Crippen MR) is 133 cm³/mol. The monoisotopic (exact) mass is 455 g/mol. The van der Waals surface area contributed by atoms with Crippen LogP contribution in [0, 0.1) is 11.3 Å². The van der Waals surface area contributed by atoms with Gasteiger partial charge in [0.15, 0.2) is 11.5 Å². The topological polar surface area (TPSA) is 117 Å². The van der Waals surface area contributed by atoms with E-state index in [1.165, 1.54) is 4.63 Å². The Balaban J connectivity index is 1.30. The molecule has 6 aromatic rings. The Morgan fingerprint density at radius 1 is 0.829 bits per heavy atom. The minimum atomic E-state index is 0.563. The van der Waals surface area contributed by atoms with Gasteiger partial charge in [-0.1, -0.05) is 12.1 Å². The number of fused-ring (bicyclic) bond motifs is 2. The van der Waals surface area contributed by atoms with Gasteiger partial charge in [0.05, 0.1) is 29.0 Å². The molecule has 0 saturated carbocycles. The number of hydrogen-bond acceptors (Lipinski definition) is 8. The van der Waals surface area contributed by atoms with E-state index in [9.17, 15) is 5.26 Å². The highest BCUT2D eigenvalue weighted by Crippen LogP contribution is 2.28. The van der Waals surface area contributed by atoms with Crippen LogP contribution in [0.15, 0.2) is 91.5 Å². The van der Waals surface area contributed by atoms with Gasteiger partial charge in [-0.05, 0) is 48.5 Å². The van der Waals surface area contributed by atoms with Crippen LogP contribution in [0.4, 0.5) is 22.7 Å². The summed E-state index contributed by atoms with van der Waals surface area (Å²) < 4.78 is 1.51. The lowest BCUT2D eigenvalue weighted by Crippen LogP contribution is -1.97. The second-order valence-corrected chi connectivity index (χ2v) is 7.80. The van der Waals surface area contributed by atoms with Gasteiger partial charge in [0.1, 0.15) is 0 Å². The zero-order valence-corrected chi connectivity index (χ0v) is 18.3. The van der Waals surface area contributed by atoms with Crippen LogP contribution in [0.2, 0.25) is 0 Å². The molecule has 4 heterocycles. The average molecular weight is 455 g/mol. The van der Waals surface area contributed by atoms with E-state index in [4.69, 9.17) is 0 Å². The first kappa shape index (κ1) is 20.3. The van der Waals surface area contributed by atoms with Crippen molar-refractivity contribution < 1.29 is 0 Å². The fourth-order valence-corrected chi connectivity index (χ4v) is 3.79. The van der Waals surface area contributed by atoms with Gasteiger partial charge in [-0.25, -0.2) is 4.98 Å². The van der Waals surface area contributed by atoms with Crippen LogP contribution in [-0.2, 0) is 0 Å². The zero-order valence-electron chi connectivity index (χ0n) is 18.3. The predicted octanol–water partition coefficient (Wildman–Crippen LogP) is 5.09. The molecule has 35 heavy (non-hydrogen) atoms. The lowest BCUT2D eigenvalue weighted by atomic mass is 10.1. The highest BCUT2D eigenvalue weighted by molar-refractivity contribution is 5.93. The number of hydrogen-bond donors (Lipinski definition) is 2. The Morgan fingerprint density at radius 3 is 2.63 bits per heavy atom. The quantitative estimate of drug-likeness (QED) is 0.369. The molecule has 0 saturated heterocycles. The van der Waals surface area contributed by atoms with Gasteiger partial charge in [-0.2, -0.15) is 10.4 Å². The molecule has 2 N–H and O–H groups in total. The highest BCUT2D eigenvalue weighted by atomic mass is 15.4. The number of rotatable bonds is 5. The smallest absolute Gasteiger partial charge is 0.184 e. The molecule has 9 heteroatoms. The summed E-state index contributed by atoms with van der Waals surface area (Å²) in [6.45, 7) is 0. The molecule has 0 radical (unpaired) electrons. The van der Waals surface area contributed by atoms with Crippen molar-refractivity contribution in [1.82, 2.24) is 29.8 Å². The summed E-state index contributed by atoms with van der Waals surface area (Å²) in [5.74, 6) is 0.563. The molecule has 4 aromatic heterocycles. The molecule has 0 fully saturated rings. The maximum Gasteiger partial charge on any atom is 0.184 e. The standard InChI is InChI=1S/C26H17N9/c27-15-17-4-5-23-22(12-17)24(8-11-29-23)32-20-3-1-2-18(13-20)26-33-25-14-21(16-30-35(25)34-26)31-19-6-9-28-10-7-19/h1-14,16H,(H,28,31)(H,29,32). The van der Waals surface area contributed by atoms with Crippen LogP contribution in [0.1, 0.15) is 5.56 Å². The molecule has 6 rings (SSSR count). The van der Waals surface area contributed by atoms with Crippen molar-refractivity contribution in [3.63, 3.8) is 0 Å². The van der Waals surface area contributed by atoms with Crippen molar-refractivity contribution in [2.45, 2.75) is 0 Å². The first-order valence-corrected chi connectivity index (χ1v) is 10.8. The molecule has 0 spiro atoms. The van der Waals surface area contributed by atoms with E-state index in [1.54, 1.807) is 30.9 Å². The molecule has 0 bridgehead atoms. The summed E-state index contributed by atoms with van der Waals surface area (Å²) >= 11 is 0. The first-order valence-electron chi connectivity index (χ1n) is 10.8. The highest BCUT2D eigenvalue weighted by Gasteiger charge is 2.10. The minimum Gasteiger partial charge on any atom is -0.355 e. The van der Waals surface area contributed by atoms with Crippen LogP contribution in [0.25, 0.3) is 27.9 Å². The molecule has 0 aliphatic carbocycles. The Labute approximate surface area is 199 Å². The van der Waals surface area contributed by atoms with Crippen LogP contribution in [-0.4, -0.2) is 29.8 Å². The number of aromatic nitrogens is 6. The molecule has 2 aromatic carbocycles. The van der Waals surface area contributed by atoms with Crippen molar-refractivity contribution in [3.05, 3.63) is 97.1 Å². The van der Waals surface area contributed by atoms with E-state index in [2.05, 4.69) is 41.9 Å². The summed E-state index contributed by atoms with van der Waals surface area (Å²) in [6, 6.07) is 23.0. The summed E-state index contributed by atoms with van der Waals surface area (Å²) in [5, 5.41) is 25.8. The largest absolute Gasteiger partial charge is 0.355 e. The van der Waals surface area contributed by atoms with Crippen LogP contribution in [0.3, 0.4) is 0 Å². The number of nitriles is 1. The summed E-state index contributed by atoms with van der Waals surface area (Å²) in [7, 11) is 0. The van der Waals surface area contributed by atoms with E-state index >= 15 is 0 Å². The van der Waals surface area contributed by atoms with Gasteiger partial charge >= 0.3 is 0 Å². The van der Waals surface area contributed by atoms with E-state index in [0.717, 1.165) is 39.2 Å². The normalized spacial score (nSPS) is 10.8. The molecule has 0 unspecified atom stereocenters. The van der Waals surface area contributed by atoms with Crippen molar-refractivity contribution in [2.75, 3.05) is 10.6 Å². The average Bonchev–Trinajstić information content (AvgIpc) is 3.33. The third kappa shape index (κ3) is 4.07. The lowest BCUT2D eigenvalue weighted by molar-refractivity contribution is 0.804. The van der Waals surface area contributed by atoms with E-state index < -0.39 is 0 Å². The summed E-state index contributed by atoms with van der Waals surface area (Å²) in [5.41, 5.74) is 6.32. The lowest BCUT2D eigenvalue weighted by Gasteiger charge is -2.10. The fraction of sp³-hybridized carbons (Fsp3) is 0. The maximum absolute atomic E-state index is 9.27. The summed E-state index contributed by atoms with van der Waals surface area (Å²) in [6.07, 6.45) is 6.89. The third-order valence-corrected chi connectivity index (χ3v) is 5.45. The number of anilines is 4. The molecule has 0 atom stereocenters. The van der Waals surface area contributed by atoms with Gasteiger partial charge in [0.25, 0.3) is 0 Å². The van der Waals surface area contributed by atoms with Crippen molar-refractivity contribution >= 4 is 39.3 Å². The SMILES string of the molecule is N#Cc1ccc2nccc(Nc3cccc(-c4nc5cc(Nc6ccncc6)cnn5n4)c3)c2c1. The second kappa shape index (κ2) is 8.53. The van der Waals surface area contributed by atoms with E-state index in [-0.39, 0.29) is 0 Å². The Kier molecular flexibility index (Phi) is 4.94. The molecule has 0 amide bonds. The van der Waals surface area contributed by atoms with Crippen molar-refractivity contribution in [1.29, 1.82) is 5.26 Å². The molecule has 0 aliphatic rings. The minimum absolute atomic E-state index is 0.563. The molecule has 0 aliphatic heterocycles. The van der Waals surface area contributed by atoms with Gasteiger partial charge in [0, 0.05) is 52.7 Å². The van der Waals surface area contributed by atoms with Crippen LogP contribution < -0.4 is 10.6 Å². The van der Waals surface area contributed by atoms with Gasteiger partial charge in [0.2, 0.25) is 0 Å². The molecular formula is C26H17N9. The Hall–Kier alpha value is -5.36. The van der Waals surface area contributed by atoms with E-state index in [1.807, 2.05) is 60.7 Å². The van der Waals surface area contributed by atoms with Gasteiger partial charge in [-0.15, -0.1) is 9.73 Å². The molecule has 9 nitrogen and oxygen atoms in total. The van der Waals surface area contributed by atoms with Gasteiger partial charge < -0.3 is 10.6 Å². The number of nitrogens with zero attached hydrogens (tertiary/aromatic N) is 7. The van der Waals surface area contributed by atoms with Crippen LogP contribution in [0.5, 0.6) is 0 Å². The van der Waals surface area contributed by atoms with Crippen molar-refractivity contribution in [2.24, 2.45) is 0 Å². The number of nitrogens with one attached hydrogen (secondary N) is 2. The molecular weight excluding hydrogens is 438 g/mol. The maximum atomic E-state index is 9.27. The van der Waals surface area contributed by atoms with Crippen molar-refractivity contribution in [3.8, 4) is 17.5 Å².